The lowest BCUT2D eigenvalue weighted by Crippen LogP contribution is -2.21. The average Bonchev–Trinajstić information content (AvgIpc) is 2.01. The van der Waals surface area contributed by atoms with E-state index < -0.39 is 0 Å². The normalized spacial score (nSPS) is 17.0. The van der Waals surface area contributed by atoms with Crippen molar-refractivity contribution in [1.82, 2.24) is 0 Å². The maximum absolute atomic E-state index is 11.3. The lowest BCUT2D eigenvalue weighted by Gasteiger charge is -2.20. The van der Waals surface area contributed by atoms with E-state index in [1.165, 1.54) is 0 Å². The number of ketones is 1. The summed E-state index contributed by atoms with van der Waals surface area (Å²) in [7, 11) is 0. The third-order valence-corrected chi connectivity index (χ3v) is 2.12. The van der Waals surface area contributed by atoms with Crippen molar-refractivity contribution >= 4 is 5.78 Å². The van der Waals surface area contributed by atoms with Gasteiger partial charge in [0.05, 0.1) is 0 Å². The van der Waals surface area contributed by atoms with Gasteiger partial charge in [-0.05, 0) is 34.1 Å². The summed E-state index contributed by atoms with van der Waals surface area (Å²) in [5.74, 6) is 0.221. The lowest BCUT2D eigenvalue weighted by atomic mass is 9.82. The Labute approximate surface area is 75.2 Å². The van der Waals surface area contributed by atoms with E-state index in [0.29, 0.717) is 0 Å². The third kappa shape index (κ3) is 3.04. The van der Waals surface area contributed by atoms with E-state index in [2.05, 4.69) is 0 Å². The third-order valence-electron chi connectivity index (χ3n) is 2.12. The predicted molar refractivity (Wildman–Crippen MR) is 53.0 cm³/mol. The van der Waals surface area contributed by atoms with Crippen molar-refractivity contribution in [2.24, 2.45) is 5.41 Å². The summed E-state index contributed by atoms with van der Waals surface area (Å²) in [5.41, 5.74) is -0.304. The van der Waals surface area contributed by atoms with Crippen LogP contribution in [-0.2, 0) is 4.79 Å². The summed E-state index contributed by atoms with van der Waals surface area (Å²) >= 11 is 0. The molecule has 0 bridgehead atoms. The highest BCUT2D eigenvalue weighted by molar-refractivity contribution is 5.84. The van der Waals surface area contributed by atoms with Crippen LogP contribution in [0.5, 0.6) is 0 Å². The molecule has 1 heteroatoms. The van der Waals surface area contributed by atoms with Crippen LogP contribution in [0, 0.1) is 5.41 Å². The fourth-order valence-corrected chi connectivity index (χ4v) is 1.06. The van der Waals surface area contributed by atoms with Gasteiger partial charge in [0.25, 0.3) is 0 Å². The first-order chi connectivity index (χ1) is 5.56. The highest BCUT2D eigenvalue weighted by Gasteiger charge is 2.24. The molecule has 0 aliphatic heterocycles. The molecule has 0 amide bonds. The van der Waals surface area contributed by atoms with Crippen LogP contribution < -0.4 is 0 Å². The van der Waals surface area contributed by atoms with Crippen LogP contribution in [0.25, 0.3) is 0 Å². The number of carbonyl (C=O) groups is 1. The van der Waals surface area contributed by atoms with Gasteiger partial charge in [-0.1, -0.05) is 24.3 Å². The van der Waals surface area contributed by atoms with Crippen LogP contribution in [0.1, 0.15) is 34.1 Å². The summed E-state index contributed by atoms with van der Waals surface area (Å²) in [6, 6.07) is 0. The van der Waals surface area contributed by atoms with E-state index in [9.17, 15) is 4.79 Å². The molecule has 0 spiro atoms. The molecule has 1 unspecified atom stereocenters. The molecule has 12 heavy (non-hydrogen) atoms. The van der Waals surface area contributed by atoms with E-state index in [-0.39, 0.29) is 11.2 Å². The Morgan fingerprint density at radius 1 is 1.33 bits per heavy atom. The first-order valence-corrected chi connectivity index (χ1v) is 4.33. The number of allylic oxidation sites excluding steroid dienone is 4. The van der Waals surface area contributed by atoms with Gasteiger partial charge in [-0.15, -0.1) is 0 Å². The molecule has 0 aromatic heterocycles. The molecule has 0 aromatic rings. The van der Waals surface area contributed by atoms with Crippen molar-refractivity contribution in [2.45, 2.75) is 34.1 Å². The molecule has 0 N–H and O–H groups in total. The van der Waals surface area contributed by atoms with Gasteiger partial charge in [0.2, 0.25) is 0 Å². The molecule has 68 valence electrons. The largest absolute Gasteiger partial charge is 0.299 e. The van der Waals surface area contributed by atoms with Crippen molar-refractivity contribution in [2.75, 3.05) is 0 Å². The second kappa shape index (κ2) is 4.91. The Bertz CT molecular complexity index is 201. The first-order valence-electron chi connectivity index (χ1n) is 4.33. The van der Waals surface area contributed by atoms with Gasteiger partial charge in [-0.2, -0.15) is 0 Å². The molecule has 0 aliphatic rings. The molecule has 0 rings (SSSR count). The number of hydrogen-bond donors (Lipinski definition) is 0. The van der Waals surface area contributed by atoms with Crippen molar-refractivity contribution < 1.29 is 4.79 Å². The molecule has 0 aromatic carbocycles. The van der Waals surface area contributed by atoms with Gasteiger partial charge < -0.3 is 0 Å². The maximum Gasteiger partial charge on any atom is 0.139 e. The fourth-order valence-electron chi connectivity index (χ4n) is 1.06. The number of carbonyl (C=O) groups excluding carboxylic acids is 1. The lowest BCUT2D eigenvalue weighted by molar-refractivity contribution is -0.123. The van der Waals surface area contributed by atoms with Crippen molar-refractivity contribution in [1.29, 1.82) is 0 Å². The zero-order valence-electron chi connectivity index (χ0n) is 8.42. The zero-order valence-corrected chi connectivity index (χ0v) is 8.42. The molecule has 0 heterocycles. The van der Waals surface area contributed by atoms with Crippen LogP contribution in [0.3, 0.4) is 0 Å². The topological polar surface area (TPSA) is 17.1 Å². The van der Waals surface area contributed by atoms with E-state index in [1.54, 1.807) is 6.92 Å². The van der Waals surface area contributed by atoms with Crippen LogP contribution >= 0.6 is 0 Å². The SMILES string of the molecule is CC=CC(C)(C/C=C/C)C(C)=O. The van der Waals surface area contributed by atoms with Gasteiger partial charge in [0, 0.05) is 5.41 Å². The fraction of sp³-hybridized carbons (Fsp3) is 0.545. The van der Waals surface area contributed by atoms with Crippen LogP contribution in [0.4, 0.5) is 0 Å². The summed E-state index contributed by atoms with van der Waals surface area (Å²) < 4.78 is 0. The van der Waals surface area contributed by atoms with E-state index in [0.717, 1.165) is 6.42 Å². The molecule has 0 saturated carbocycles. The minimum atomic E-state index is -0.304. The second-order valence-electron chi connectivity index (χ2n) is 3.25. The average molecular weight is 166 g/mol. The molecule has 1 nitrogen and oxygen atoms in total. The Hall–Kier alpha value is -0.850. The highest BCUT2D eigenvalue weighted by atomic mass is 16.1. The predicted octanol–water partition coefficient (Wildman–Crippen LogP) is 3.12. The molecular weight excluding hydrogens is 148 g/mol. The minimum Gasteiger partial charge on any atom is -0.299 e. The highest BCUT2D eigenvalue weighted by Crippen LogP contribution is 2.24. The quantitative estimate of drug-likeness (QED) is 0.586. The Morgan fingerprint density at radius 3 is 2.25 bits per heavy atom. The van der Waals surface area contributed by atoms with Crippen molar-refractivity contribution in [3.8, 4) is 0 Å². The van der Waals surface area contributed by atoms with Crippen molar-refractivity contribution in [3.63, 3.8) is 0 Å². The smallest absolute Gasteiger partial charge is 0.139 e. The molecule has 0 fully saturated rings. The van der Waals surface area contributed by atoms with Gasteiger partial charge in [-0.25, -0.2) is 0 Å². The number of hydrogen-bond acceptors (Lipinski definition) is 1. The molecule has 1 atom stereocenters. The molecule has 0 radical (unpaired) electrons. The van der Waals surface area contributed by atoms with E-state index in [4.69, 9.17) is 0 Å². The zero-order chi connectivity index (χ0) is 9.61. The monoisotopic (exact) mass is 166 g/mol. The van der Waals surface area contributed by atoms with Crippen LogP contribution in [-0.4, -0.2) is 5.78 Å². The molecule has 0 aliphatic carbocycles. The van der Waals surface area contributed by atoms with Crippen molar-refractivity contribution in [3.05, 3.63) is 24.3 Å². The summed E-state index contributed by atoms with van der Waals surface area (Å²) in [5, 5.41) is 0. The maximum atomic E-state index is 11.3. The standard InChI is InChI=1S/C11H18O/c1-5-7-9-11(4,8-6-2)10(3)12/h5-8H,9H2,1-4H3/b7-5+,8-6?. The van der Waals surface area contributed by atoms with Gasteiger partial charge >= 0.3 is 0 Å². The molecule has 0 saturated heterocycles. The van der Waals surface area contributed by atoms with Gasteiger partial charge in [0.15, 0.2) is 0 Å². The Kier molecular flexibility index (Phi) is 4.57. The first kappa shape index (κ1) is 11.2. The summed E-state index contributed by atoms with van der Waals surface area (Å²) in [6.45, 7) is 7.52. The van der Waals surface area contributed by atoms with Crippen LogP contribution in [0.2, 0.25) is 0 Å². The summed E-state index contributed by atoms with van der Waals surface area (Å²) in [6.07, 6.45) is 8.70. The summed E-state index contributed by atoms with van der Waals surface area (Å²) in [4.78, 5) is 11.3. The van der Waals surface area contributed by atoms with E-state index >= 15 is 0 Å². The minimum absolute atomic E-state index is 0.221. The second-order valence-corrected chi connectivity index (χ2v) is 3.25. The Balaban J connectivity index is 4.50. The van der Waals surface area contributed by atoms with Gasteiger partial charge in [0.1, 0.15) is 5.78 Å². The Morgan fingerprint density at radius 2 is 1.92 bits per heavy atom. The number of Topliss-reactive ketones (excluding diaryl/α,β-unsaturated/α-hetero) is 1. The number of rotatable bonds is 4. The van der Waals surface area contributed by atoms with Gasteiger partial charge in [-0.3, -0.25) is 4.79 Å². The van der Waals surface area contributed by atoms with Crippen LogP contribution in [0.15, 0.2) is 24.3 Å². The van der Waals surface area contributed by atoms with E-state index in [1.807, 2.05) is 45.1 Å². The molecular formula is C11H18O.